The summed E-state index contributed by atoms with van der Waals surface area (Å²) in [4.78, 5) is 11.6. The fourth-order valence-electron chi connectivity index (χ4n) is 2.12. The Balaban J connectivity index is 0.00000324. The minimum absolute atomic E-state index is 0. The summed E-state index contributed by atoms with van der Waals surface area (Å²) in [6.45, 7) is 7.57. The second-order valence-electron chi connectivity index (χ2n) is 5.59. The summed E-state index contributed by atoms with van der Waals surface area (Å²) in [7, 11) is 0. The molecule has 3 nitrogen and oxygen atoms in total. The van der Waals surface area contributed by atoms with Crippen LogP contribution in [-0.2, 0) is 4.79 Å². The van der Waals surface area contributed by atoms with E-state index in [2.05, 4.69) is 24.5 Å². The summed E-state index contributed by atoms with van der Waals surface area (Å²) in [5.74, 6) is 3.41. The van der Waals surface area contributed by atoms with Crippen molar-refractivity contribution in [3.05, 3.63) is 0 Å². The van der Waals surface area contributed by atoms with Gasteiger partial charge in [-0.2, -0.15) is 11.8 Å². The van der Waals surface area contributed by atoms with E-state index < -0.39 is 0 Å². The number of hydrogen-bond donors (Lipinski definition) is 2. The Labute approximate surface area is 128 Å². The molecule has 5 heteroatoms. The first-order valence-corrected chi connectivity index (χ1v) is 8.39. The largest absolute Gasteiger partial charge is 0.355 e. The number of nitrogens with one attached hydrogen (secondary N) is 2. The topological polar surface area (TPSA) is 41.1 Å². The molecule has 1 aliphatic rings. The minimum atomic E-state index is 0. The highest BCUT2D eigenvalue weighted by atomic mass is 35.5. The molecule has 1 saturated heterocycles. The smallest absolute Gasteiger partial charge is 0.229 e. The van der Waals surface area contributed by atoms with Crippen molar-refractivity contribution < 1.29 is 4.79 Å². The van der Waals surface area contributed by atoms with Gasteiger partial charge in [0.1, 0.15) is 0 Å². The van der Waals surface area contributed by atoms with Crippen LogP contribution in [0.15, 0.2) is 0 Å². The lowest BCUT2D eigenvalue weighted by Crippen LogP contribution is -2.33. The van der Waals surface area contributed by atoms with Gasteiger partial charge in [0.25, 0.3) is 0 Å². The molecule has 0 radical (unpaired) electrons. The molecule has 0 bridgehead atoms. The summed E-state index contributed by atoms with van der Waals surface area (Å²) >= 11 is 1.75. The molecule has 1 amide bonds. The molecule has 1 heterocycles. The van der Waals surface area contributed by atoms with Gasteiger partial charge < -0.3 is 10.6 Å². The summed E-state index contributed by atoms with van der Waals surface area (Å²) in [5.41, 5.74) is 0. The lowest BCUT2D eigenvalue weighted by Gasteiger charge is -2.22. The molecule has 19 heavy (non-hydrogen) atoms. The van der Waals surface area contributed by atoms with Gasteiger partial charge in [0.05, 0.1) is 5.75 Å². The van der Waals surface area contributed by atoms with Crippen LogP contribution in [-0.4, -0.2) is 37.0 Å². The molecule has 1 fully saturated rings. The minimum Gasteiger partial charge on any atom is -0.355 e. The van der Waals surface area contributed by atoms with Gasteiger partial charge in [0.15, 0.2) is 0 Å². The van der Waals surface area contributed by atoms with Crippen molar-refractivity contribution in [3.63, 3.8) is 0 Å². The van der Waals surface area contributed by atoms with E-state index in [4.69, 9.17) is 0 Å². The Morgan fingerprint density at radius 3 is 2.89 bits per heavy atom. The molecule has 0 aromatic heterocycles. The molecule has 1 atom stereocenters. The molecule has 0 aromatic carbocycles. The molecule has 1 aliphatic heterocycles. The highest BCUT2D eigenvalue weighted by Gasteiger charge is 2.12. The van der Waals surface area contributed by atoms with Gasteiger partial charge in [-0.3, -0.25) is 4.79 Å². The zero-order valence-corrected chi connectivity index (χ0v) is 13.9. The summed E-state index contributed by atoms with van der Waals surface area (Å²) in [6, 6.07) is 0. The van der Waals surface area contributed by atoms with E-state index in [1.165, 1.54) is 19.3 Å². The molecule has 1 rings (SSSR count). The van der Waals surface area contributed by atoms with Crippen LogP contribution in [0, 0.1) is 11.8 Å². The summed E-state index contributed by atoms with van der Waals surface area (Å²) in [6.07, 6.45) is 4.91. The standard InChI is InChI=1S/C14H28N2OS.ClH/c1-12(2)6-9-18-11-14(17)16-8-5-13-4-3-7-15-10-13;/h12-13,15H,3-11H2,1-2H3,(H,16,17);1H. The van der Waals surface area contributed by atoms with Crippen LogP contribution in [0.2, 0.25) is 0 Å². The lowest BCUT2D eigenvalue weighted by molar-refractivity contribution is -0.118. The van der Waals surface area contributed by atoms with E-state index in [-0.39, 0.29) is 18.3 Å². The zero-order chi connectivity index (χ0) is 13.2. The van der Waals surface area contributed by atoms with Crippen LogP contribution in [0.3, 0.4) is 0 Å². The average molecular weight is 309 g/mol. The predicted molar refractivity (Wildman–Crippen MR) is 87.2 cm³/mol. The van der Waals surface area contributed by atoms with Gasteiger partial charge in [-0.15, -0.1) is 12.4 Å². The van der Waals surface area contributed by atoms with Crippen molar-refractivity contribution in [2.45, 2.75) is 39.5 Å². The average Bonchev–Trinajstić information content (AvgIpc) is 2.36. The fourth-order valence-corrected chi connectivity index (χ4v) is 3.19. The predicted octanol–water partition coefficient (Wildman–Crippen LogP) is 2.69. The molecule has 1 unspecified atom stereocenters. The van der Waals surface area contributed by atoms with E-state index in [0.717, 1.165) is 43.6 Å². The Bertz CT molecular complexity index is 233. The van der Waals surface area contributed by atoms with E-state index in [1.54, 1.807) is 11.8 Å². The van der Waals surface area contributed by atoms with Crippen LogP contribution >= 0.6 is 24.2 Å². The first-order chi connectivity index (χ1) is 8.68. The number of halogens is 1. The number of carbonyl (C=O) groups is 1. The third kappa shape index (κ3) is 10.5. The summed E-state index contributed by atoms with van der Waals surface area (Å²) < 4.78 is 0. The van der Waals surface area contributed by atoms with Crippen LogP contribution in [0.1, 0.15) is 39.5 Å². The van der Waals surface area contributed by atoms with Crippen LogP contribution in [0.4, 0.5) is 0 Å². The monoisotopic (exact) mass is 308 g/mol. The van der Waals surface area contributed by atoms with Crippen molar-refractivity contribution in [1.82, 2.24) is 10.6 Å². The normalized spacial score (nSPS) is 19.0. The van der Waals surface area contributed by atoms with E-state index in [0.29, 0.717) is 5.75 Å². The van der Waals surface area contributed by atoms with Gasteiger partial charge >= 0.3 is 0 Å². The van der Waals surface area contributed by atoms with Crippen molar-refractivity contribution >= 4 is 30.1 Å². The number of carbonyl (C=O) groups excluding carboxylic acids is 1. The van der Waals surface area contributed by atoms with Crippen molar-refractivity contribution in [2.75, 3.05) is 31.1 Å². The quantitative estimate of drug-likeness (QED) is 0.677. The summed E-state index contributed by atoms with van der Waals surface area (Å²) in [5, 5.41) is 6.44. The Morgan fingerprint density at radius 1 is 1.47 bits per heavy atom. The number of amides is 1. The Kier molecular flexibility index (Phi) is 11.9. The second-order valence-corrected chi connectivity index (χ2v) is 6.69. The van der Waals surface area contributed by atoms with Gasteiger partial charge in [0.2, 0.25) is 5.91 Å². The molecule has 0 saturated carbocycles. The lowest BCUT2D eigenvalue weighted by atomic mass is 9.96. The van der Waals surface area contributed by atoms with Crippen molar-refractivity contribution in [1.29, 1.82) is 0 Å². The molecule has 0 spiro atoms. The van der Waals surface area contributed by atoms with Gasteiger partial charge in [0, 0.05) is 6.54 Å². The maximum Gasteiger partial charge on any atom is 0.229 e. The maximum atomic E-state index is 11.6. The fraction of sp³-hybridized carbons (Fsp3) is 0.929. The van der Waals surface area contributed by atoms with Crippen LogP contribution < -0.4 is 10.6 Å². The Morgan fingerprint density at radius 2 is 2.26 bits per heavy atom. The van der Waals surface area contributed by atoms with Crippen LogP contribution in [0.25, 0.3) is 0 Å². The molecule has 0 aliphatic carbocycles. The molecule has 114 valence electrons. The zero-order valence-electron chi connectivity index (χ0n) is 12.2. The van der Waals surface area contributed by atoms with Gasteiger partial charge in [-0.25, -0.2) is 0 Å². The third-order valence-electron chi connectivity index (χ3n) is 3.35. The number of rotatable bonds is 8. The maximum absolute atomic E-state index is 11.6. The van der Waals surface area contributed by atoms with Crippen molar-refractivity contribution in [3.8, 4) is 0 Å². The first-order valence-electron chi connectivity index (χ1n) is 7.23. The van der Waals surface area contributed by atoms with Gasteiger partial charge in [-0.05, 0) is 56.4 Å². The number of hydrogen-bond acceptors (Lipinski definition) is 3. The van der Waals surface area contributed by atoms with E-state index >= 15 is 0 Å². The second kappa shape index (κ2) is 11.9. The number of thioether (sulfide) groups is 1. The van der Waals surface area contributed by atoms with Crippen LogP contribution in [0.5, 0.6) is 0 Å². The van der Waals surface area contributed by atoms with E-state index in [1.807, 2.05) is 0 Å². The molecule has 0 aromatic rings. The number of piperidine rings is 1. The molecular formula is C14H29ClN2OS. The van der Waals surface area contributed by atoms with E-state index in [9.17, 15) is 4.79 Å². The highest BCUT2D eigenvalue weighted by molar-refractivity contribution is 7.99. The first kappa shape index (κ1) is 19.1. The Hall–Kier alpha value is 0.0700. The third-order valence-corrected chi connectivity index (χ3v) is 4.34. The van der Waals surface area contributed by atoms with Gasteiger partial charge in [-0.1, -0.05) is 13.8 Å². The van der Waals surface area contributed by atoms with Crippen molar-refractivity contribution in [2.24, 2.45) is 11.8 Å². The molecular weight excluding hydrogens is 280 g/mol. The molecule has 2 N–H and O–H groups in total. The SMILES string of the molecule is CC(C)CCSCC(=O)NCCC1CCCNC1.Cl. The highest BCUT2D eigenvalue weighted by Crippen LogP contribution is 2.13.